The first kappa shape index (κ1) is 20.2. The van der Waals surface area contributed by atoms with Crippen molar-refractivity contribution in [2.45, 2.75) is 26.7 Å². The van der Waals surface area contributed by atoms with E-state index in [9.17, 15) is 14.9 Å². The smallest absolute Gasteiger partial charge is 0.309 e. The van der Waals surface area contributed by atoms with Crippen molar-refractivity contribution in [3.63, 3.8) is 0 Å². The van der Waals surface area contributed by atoms with Crippen molar-refractivity contribution in [1.29, 1.82) is 5.26 Å². The first-order chi connectivity index (χ1) is 12.5. The molecule has 0 bridgehead atoms. The van der Waals surface area contributed by atoms with E-state index in [-0.39, 0.29) is 23.4 Å². The summed E-state index contributed by atoms with van der Waals surface area (Å²) in [4.78, 5) is 26.0. The molecule has 138 valence electrons. The van der Waals surface area contributed by atoms with Crippen LogP contribution in [0.5, 0.6) is 0 Å². The molecule has 1 aliphatic rings. The molecule has 1 aromatic carbocycles. The van der Waals surface area contributed by atoms with Crippen LogP contribution in [-0.2, 0) is 14.3 Å². The molecule has 0 atom stereocenters. The van der Waals surface area contributed by atoms with Crippen LogP contribution < -0.4 is 5.32 Å². The number of ether oxygens (including phenoxy) is 1. The highest BCUT2D eigenvalue weighted by atomic mass is 127. The molecule has 1 fully saturated rings. The number of piperidine rings is 1. The van der Waals surface area contributed by atoms with Gasteiger partial charge in [0.1, 0.15) is 11.6 Å². The molecule has 0 aromatic heterocycles. The Hall–Kier alpha value is -2.08. The third-order valence-corrected chi connectivity index (χ3v) is 4.98. The maximum atomic E-state index is 12.6. The predicted octanol–water partition coefficient (Wildman–Crippen LogP) is 3.22. The Morgan fingerprint density at radius 1 is 1.42 bits per heavy atom. The topological polar surface area (TPSA) is 82.4 Å². The van der Waals surface area contributed by atoms with Crippen molar-refractivity contribution in [2.75, 3.05) is 25.0 Å². The maximum absolute atomic E-state index is 12.6. The molecule has 0 aliphatic carbocycles. The lowest BCUT2D eigenvalue weighted by Crippen LogP contribution is -2.41. The van der Waals surface area contributed by atoms with Crippen molar-refractivity contribution in [1.82, 2.24) is 4.90 Å². The van der Waals surface area contributed by atoms with Gasteiger partial charge in [-0.1, -0.05) is 0 Å². The van der Waals surface area contributed by atoms with E-state index in [0.717, 1.165) is 14.8 Å². The number of benzene rings is 1. The minimum Gasteiger partial charge on any atom is -0.466 e. The van der Waals surface area contributed by atoms with Crippen LogP contribution in [0.1, 0.15) is 25.3 Å². The van der Waals surface area contributed by atoms with Crippen molar-refractivity contribution in [3.05, 3.63) is 39.1 Å². The SMILES string of the molecule is CCOC(=O)C1CCN(C(=O)/C(C#N)=C\Nc2ccc(I)cc2C)CC1. The molecular formula is C19H22IN3O3. The molecule has 1 heterocycles. The summed E-state index contributed by atoms with van der Waals surface area (Å²) < 4.78 is 6.16. The van der Waals surface area contributed by atoms with Gasteiger partial charge in [-0.15, -0.1) is 0 Å². The van der Waals surface area contributed by atoms with E-state index in [1.54, 1.807) is 11.8 Å². The Balaban J connectivity index is 1.98. The highest BCUT2D eigenvalue weighted by molar-refractivity contribution is 14.1. The minimum absolute atomic E-state index is 0.0533. The summed E-state index contributed by atoms with van der Waals surface area (Å²) in [6.45, 7) is 5.01. The second-order valence-electron chi connectivity index (χ2n) is 6.09. The van der Waals surface area contributed by atoms with Gasteiger partial charge in [0.25, 0.3) is 5.91 Å². The number of anilines is 1. The predicted molar refractivity (Wildman–Crippen MR) is 107 cm³/mol. The van der Waals surface area contributed by atoms with Crippen LogP contribution in [0.3, 0.4) is 0 Å². The molecule has 0 unspecified atom stereocenters. The van der Waals surface area contributed by atoms with Gasteiger partial charge >= 0.3 is 5.97 Å². The number of carbonyl (C=O) groups is 2. The molecular weight excluding hydrogens is 445 g/mol. The summed E-state index contributed by atoms with van der Waals surface area (Å²) in [6, 6.07) is 7.86. The number of carbonyl (C=O) groups excluding carboxylic acids is 2. The van der Waals surface area contributed by atoms with Gasteiger partial charge < -0.3 is 15.0 Å². The lowest BCUT2D eigenvalue weighted by molar-refractivity contribution is -0.150. The minimum atomic E-state index is -0.314. The number of hydrogen-bond donors (Lipinski definition) is 1. The zero-order valence-electron chi connectivity index (χ0n) is 14.9. The van der Waals surface area contributed by atoms with Gasteiger partial charge in [-0.05, 0) is 73.0 Å². The van der Waals surface area contributed by atoms with E-state index in [4.69, 9.17) is 4.74 Å². The number of likely N-dealkylation sites (tertiary alicyclic amines) is 1. The van der Waals surface area contributed by atoms with E-state index >= 15 is 0 Å². The highest BCUT2D eigenvalue weighted by Gasteiger charge is 2.29. The standard InChI is InChI=1S/C19H22IN3O3/c1-3-26-19(25)14-6-8-23(9-7-14)18(24)15(11-21)12-22-17-5-4-16(20)10-13(17)2/h4-5,10,12,14,22H,3,6-9H2,1-2H3/b15-12-. The van der Waals surface area contributed by atoms with Crippen LogP contribution in [0.2, 0.25) is 0 Å². The largest absolute Gasteiger partial charge is 0.466 e. The summed E-state index contributed by atoms with van der Waals surface area (Å²) in [7, 11) is 0. The molecule has 1 N–H and O–H groups in total. The summed E-state index contributed by atoms with van der Waals surface area (Å²) in [5.41, 5.74) is 1.94. The zero-order valence-corrected chi connectivity index (χ0v) is 17.1. The van der Waals surface area contributed by atoms with Gasteiger partial charge in [0, 0.05) is 28.5 Å². The molecule has 0 spiro atoms. The monoisotopic (exact) mass is 467 g/mol. The van der Waals surface area contributed by atoms with Gasteiger partial charge in [-0.25, -0.2) is 0 Å². The second kappa shape index (κ2) is 9.57. The number of nitrogens with zero attached hydrogens (tertiary/aromatic N) is 2. The molecule has 6 nitrogen and oxygen atoms in total. The first-order valence-electron chi connectivity index (χ1n) is 8.55. The molecule has 1 aromatic rings. The van der Waals surface area contributed by atoms with Crippen LogP contribution in [0, 0.1) is 27.7 Å². The van der Waals surface area contributed by atoms with Gasteiger partial charge in [0.2, 0.25) is 0 Å². The summed E-state index contributed by atoms with van der Waals surface area (Å²) in [5, 5.41) is 12.4. The average molecular weight is 467 g/mol. The number of hydrogen-bond acceptors (Lipinski definition) is 5. The van der Waals surface area contributed by atoms with Crippen molar-refractivity contribution in [3.8, 4) is 6.07 Å². The van der Waals surface area contributed by atoms with Crippen molar-refractivity contribution >= 4 is 40.2 Å². The van der Waals surface area contributed by atoms with Gasteiger partial charge in [-0.3, -0.25) is 9.59 Å². The van der Waals surface area contributed by atoms with Crippen LogP contribution in [0.25, 0.3) is 0 Å². The van der Waals surface area contributed by atoms with E-state index < -0.39 is 0 Å². The molecule has 1 aliphatic heterocycles. The molecule has 7 heteroatoms. The fourth-order valence-electron chi connectivity index (χ4n) is 2.83. The molecule has 1 saturated heterocycles. The Bertz CT molecular complexity index is 747. The van der Waals surface area contributed by atoms with Crippen molar-refractivity contribution < 1.29 is 14.3 Å². The molecule has 2 rings (SSSR count). The Morgan fingerprint density at radius 2 is 2.12 bits per heavy atom. The highest BCUT2D eigenvalue weighted by Crippen LogP contribution is 2.21. The fraction of sp³-hybridized carbons (Fsp3) is 0.421. The van der Waals surface area contributed by atoms with Crippen LogP contribution in [0.15, 0.2) is 30.0 Å². The first-order valence-corrected chi connectivity index (χ1v) is 9.63. The van der Waals surface area contributed by atoms with Crippen LogP contribution in [-0.4, -0.2) is 36.5 Å². The molecule has 0 saturated carbocycles. The summed E-state index contributed by atoms with van der Waals surface area (Å²) in [5.74, 6) is -0.682. The lowest BCUT2D eigenvalue weighted by atomic mass is 9.96. The Labute approximate surface area is 167 Å². The molecule has 1 amide bonds. The van der Waals surface area contributed by atoms with Gasteiger partial charge in [0.05, 0.1) is 12.5 Å². The zero-order chi connectivity index (χ0) is 19.1. The number of nitriles is 1. The number of esters is 1. The van der Waals surface area contributed by atoms with Crippen LogP contribution >= 0.6 is 22.6 Å². The number of rotatable bonds is 5. The van der Waals surface area contributed by atoms with E-state index in [1.807, 2.05) is 31.2 Å². The van der Waals surface area contributed by atoms with E-state index in [1.165, 1.54) is 6.20 Å². The maximum Gasteiger partial charge on any atom is 0.309 e. The Morgan fingerprint density at radius 3 is 2.69 bits per heavy atom. The van der Waals surface area contributed by atoms with E-state index in [2.05, 4.69) is 27.9 Å². The van der Waals surface area contributed by atoms with Crippen molar-refractivity contribution in [2.24, 2.45) is 5.92 Å². The third kappa shape index (κ3) is 5.21. The number of halogens is 1. The summed E-state index contributed by atoms with van der Waals surface area (Å²) in [6.07, 6.45) is 2.58. The number of nitrogens with one attached hydrogen (secondary N) is 1. The molecule has 26 heavy (non-hydrogen) atoms. The quantitative estimate of drug-likeness (QED) is 0.311. The van der Waals surface area contributed by atoms with Crippen LogP contribution in [0.4, 0.5) is 5.69 Å². The number of aryl methyl sites for hydroxylation is 1. The molecule has 0 radical (unpaired) electrons. The number of amides is 1. The summed E-state index contributed by atoms with van der Waals surface area (Å²) >= 11 is 2.23. The van der Waals surface area contributed by atoms with Gasteiger partial charge in [0.15, 0.2) is 0 Å². The average Bonchev–Trinajstić information content (AvgIpc) is 2.64. The van der Waals surface area contributed by atoms with Gasteiger partial charge in [-0.2, -0.15) is 5.26 Å². The third-order valence-electron chi connectivity index (χ3n) is 4.31. The lowest BCUT2D eigenvalue weighted by Gasteiger charge is -2.30. The second-order valence-corrected chi connectivity index (χ2v) is 7.34. The normalized spacial score (nSPS) is 15.3. The fourth-order valence-corrected chi connectivity index (χ4v) is 3.48. The van der Waals surface area contributed by atoms with E-state index in [0.29, 0.717) is 32.5 Å². The Kier molecular flexibility index (Phi) is 7.45.